The highest BCUT2D eigenvalue weighted by molar-refractivity contribution is 9.10. The second-order valence-corrected chi connectivity index (χ2v) is 7.25. The van der Waals surface area contributed by atoms with Crippen LogP contribution in [0.25, 0.3) is 6.08 Å². The summed E-state index contributed by atoms with van der Waals surface area (Å²) in [5.41, 5.74) is 1.67. The minimum Gasteiger partial charge on any atom is -0.493 e. The van der Waals surface area contributed by atoms with E-state index in [0.29, 0.717) is 34.5 Å². The molecule has 1 heterocycles. The lowest BCUT2D eigenvalue weighted by Crippen LogP contribution is -2.31. The Hall–Kier alpha value is -2.87. The van der Waals surface area contributed by atoms with E-state index in [1.807, 2.05) is 6.92 Å². The van der Waals surface area contributed by atoms with E-state index in [1.54, 1.807) is 30.3 Å². The van der Waals surface area contributed by atoms with Gasteiger partial charge in [-0.05, 0) is 63.8 Å². The van der Waals surface area contributed by atoms with Crippen molar-refractivity contribution in [2.45, 2.75) is 20.0 Å². The zero-order valence-electron chi connectivity index (χ0n) is 16.0. The molecule has 2 aromatic carbocycles. The van der Waals surface area contributed by atoms with Crippen LogP contribution in [0.2, 0.25) is 0 Å². The number of imide groups is 1. The molecular weight excluding hydrogens is 443 g/mol. The van der Waals surface area contributed by atoms with Crippen LogP contribution in [0.4, 0.5) is 9.18 Å². The van der Waals surface area contributed by atoms with Gasteiger partial charge >= 0.3 is 6.03 Å². The second-order valence-electron chi connectivity index (χ2n) is 6.39. The molecule has 0 saturated carbocycles. The Morgan fingerprint density at radius 2 is 1.93 bits per heavy atom. The Morgan fingerprint density at radius 1 is 1.21 bits per heavy atom. The van der Waals surface area contributed by atoms with Crippen LogP contribution in [0.3, 0.4) is 0 Å². The van der Waals surface area contributed by atoms with Crippen molar-refractivity contribution in [3.05, 3.63) is 63.5 Å². The lowest BCUT2D eigenvalue weighted by Gasteiger charge is -2.14. The highest BCUT2D eigenvalue weighted by atomic mass is 79.9. The van der Waals surface area contributed by atoms with Gasteiger partial charge in [0.1, 0.15) is 18.1 Å². The summed E-state index contributed by atoms with van der Waals surface area (Å²) in [6.45, 7) is 2.50. The Morgan fingerprint density at radius 3 is 2.59 bits per heavy atom. The Bertz CT molecular complexity index is 960. The summed E-state index contributed by atoms with van der Waals surface area (Å²) in [6.07, 6.45) is 2.28. The van der Waals surface area contributed by atoms with E-state index in [-0.39, 0.29) is 24.0 Å². The van der Waals surface area contributed by atoms with Crippen LogP contribution >= 0.6 is 15.9 Å². The summed E-state index contributed by atoms with van der Waals surface area (Å²) < 4.78 is 24.9. The molecular formula is C21H20BrFN2O4. The molecule has 1 fully saturated rings. The fourth-order valence-corrected chi connectivity index (χ4v) is 3.44. The number of amides is 3. The summed E-state index contributed by atoms with van der Waals surface area (Å²) in [6, 6.07) is 9.07. The Balaban J connectivity index is 1.82. The molecule has 2 aromatic rings. The number of methoxy groups -OCH3 is 1. The zero-order chi connectivity index (χ0) is 21.0. The first-order valence-corrected chi connectivity index (χ1v) is 9.81. The van der Waals surface area contributed by atoms with Crippen molar-refractivity contribution in [2.75, 3.05) is 13.7 Å². The first kappa shape index (κ1) is 20.9. The number of nitrogens with one attached hydrogen (secondary N) is 1. The van der Waals surface area contributed by atoms with Crippen molar-refractivity contribution in [2.24, 2.45) is 0 Å². The van der Waals surface area contributed by atoms with Gasteiger partial charge in [-0.1, -0.05) is 19.1 Å². The number of halogens is 2. The first-order chi connectivity index (χ1) is 13.9. The van der Waals surface area contributed by atoms with Gasteiger partial charge in [-0.25, -0.2) is 9.18 Å². The van der Waals surface area contributed by atoms with E-state index in [1.165, 1.54) is 24.1 Å². The van der Waals surface area contributed by atoms with Gasteiger partial charge in [-0.3, -0.25) is 9.69 Å². The molecule has 0 radical (unpaired) electrons. The van der Waals surface area contributed by atoms with Gasteiger partial charge in [0.05, 0.1) is 11.6 Å². The molecule has 0 atom stereocenters. The number of carbonyl (C=O) groups is 2. The fraction of sp³-hybridized carbons (Fsp3) is 0.238. The van der Waals surface area contributed by atoms with E-state index < -0.39 is 6.03 Å². The predicted octanol–water partition coefficient (Wildman–Crippen LogP) is 4.48. The molecule has 1 aliphatic rings. The first-order valence-electron chi connectivity index (χ1n) is 9.02. The minimum absolute atomic E-state index is 0.206. The minimum atomic E-state index is -0.423. The average Bonchev–Trinajstić information content (AvgIpc) is 2.96. The van der Waals surface area contributed by atoms with Gasteiger partial charge in [-0.15, -0.1) is 0 Å². The van der Waals surface area contributed by atoms with Crippen molar-refractivity contribution in [1.82, 2.24) is 10.2 Å². The summed E-state index contributed by atoms with van der Waals surface area (Å²) in [5.74, 6) is 0.267. The van der Waals surface area contributed by atoms with Crippen molar-refractivity contribution in [3.63, 3.8) is 0 Å². The van der Waals surface area contributed by atoms with Crippen LogP contribution < -0.4 is 14.8 Å². The third-order valence-corrected chi connectivity index (χ3v) is 4.86. The molecule has 1 N–H and O–H groups in total. The number of nitrogens with zero attached hydrogens (tertiary/aromatic N) is 1. The maximum Gasteiger partial charge on any atom is 0.329 e. The zero-order valence-corrected chi connectivity index (χ0v) is 17.6. The summed E-state index contributed by atoms with van der Waals surface area (Å²) >= 11 is 3.46. The smallest absolute Gasteiger partial charge is 0.329 e. The number of hydrogen-bond acceptors (Lipinski definition) is 4. The largest absolute Gasteiger partial charge is 0.493 e. The molecule has 29 heavy (non-hydrogen) atoms. The highest BCUT2D eigenvalue weighted by Gasteiger charge is 2.32. The average molecular weight is 463 g/mol. The number of urea groups is 1. The van der Waals surface area contributed by atoms with Crippen molar-refractivity contribution < 1.29 is 23.5 Å². The topological polar surface area (TPSA) is 67.9 Å². The molecule has 0 unspecified atom stereocenters. The standard InChI is InChI=1S/C21H20BrFN2O4/c1-3-8-25-20(26)17(24-21(25)27)10-14-9-16(22)19(18(11-14)28-2)29-12-13-4-6-15(23)7-5-13/h4-7,9-11H,3,8,12H2,1-2H3,(H,24,27)/b17-10+. The van der Waals surface area contributed by atoms with Crippen LogP contribution in [0, 0.1) is 5.82 Å². The normalized spacial score (nSPS) is 15.0. The second kappa shape index (κ2) is 9.09. The van der Waals surface area contributed by atoms with Gasteiger partial charge in [0.15, 0.2) is 11.5 Å². The molecule has 6 nitrogen and oxygen atoms in total. The molecule has 1 aliphatic heterocycles. The van der Waals surface area contributed by atoms with Crippen molar-refractivity contribution in [1.29, 1.82) is 0 Å². The monoisotopic (exact) mass is 462 g/mol. The van der Waals surface area contributed by atoms with Crippen LogP contribution in [0.1, 0.15) is 24.5 Å². The Labute approximate surface area is 176 Å². The molecule has 3 rings (SSSR count). The van der Waals surface area contributed by atoms with E-state index in [4.69, 9.17) is 9.47 Å². The van der Waals surface area contributed by atoms with Gasteiger partial charge in [0.2, 0.25) is 0 Å². The van der Waals surface area contributed by atoms with Gasteiger partial charge in [0.25, 0.3) is 5.91 Å². The lowest BCUT2D eigenvalue weighted by molar-refractivity contribution is -0.122. The number of benzene rings is 2. The number of ether oxygens (including phenoxy) is 2. The van der Waals surface area contributed by atoms with Crippen molar-refractivity contribution >= 4 is 33.9 Å². The third kappa shape index (κ3) is 4.76. The maximum absolute atomic E-state index is 13.0. The van der Waals surface area contributed by atoms with Crippen LogP contribution in [0.15, 0.2) is 46.6 Å². The van der Waals surface area contributed by atoms with E-state index in [0.717, 1.165) is 5.56 Å². The van der Waals surface area contributed by atoms with Gasteiger partial charge in [-0.2, -0.15) is 0 Å². The van der Waals surface area contributed by atoms with Crippen molar-refractivity contribution in [3.8, 4) is 11.5 Å². The van der Waals surface area contributed by atoms with E-state index in [2.05, 4.69) is 21.2 Å². The predicted molar refractivity (Wildman–Crippen MR) is 110 cm³/mol. The SMILES string of the molecule is CCCN1C(=O)N/C(=C/c2cc(Br)c(OCc3ccc(F)cc3)c(OC)c2)C1=O. The quantitative estimate of drug-likeness (QED) is 0.486. The summed E-state index contributed by atoms with van der Waals surface area (Å²) in [4.78, 5) is 25.5. The number of rotatable bonds is 7. The van der Waals surface area contributed by atoms with Crippen LogP contribution in [-0.4, -0.2) is 30.5 Å². The van der Waals surface area contributed by atoms with Gasteiger partial charge in [0, 0.05) is 6.54 Å². The van der Waals surface area contributed by atoms with Gasteiger partial charge < -0.3 is 14.8 Å². The molecule has 152 valence electrons. The lowest BCUT2D eigenvalue weighted by atomic mass is 10.1. The third-order valence-electron chi connectivity index (χ3n) is 4.27. The summed E-state index contributed by atoms with van der Waals surface area (Å²) in [5, 5.41) is 2.59. The fourth-order valence-electron chi connectivity index (χ4n) is 2.86. The molecule has 8 heteroatoms. The number of hydrogen-bond donors (Lipinski definition) is 1. The number of carbonyl (C=O) groups excluding carboxylic acids is 2. The molecule has 0 spiro atoms. The van der Waals surface area contributed by atoms with Crippen LogP contribution in [-0.2, 0) is 11.4 Å². The maximum atomic E-state index is 13.0. The summed E-state index contributed by atoms with van der Waals surface area (Å²) in [7, 11) is 1.51. The van der Waals surface area contributed by atoms with E-state index >= 15 is 0 Å². The highest BCUT2D eigenvalue weighted by Crippen LogP contribution is 2.38. The Kier molecular flexibility index (Phi) is 6.53. The van der Waals surface area contributed by atoms with E-state index in [9.17, 15) is 14.0 Å². The molecule has 0 bridgehead atoms. The molecule has 0 aromatic heterocycles. The molecule has 1 saturated heterocycles. The molecule has 0 aliphatic carbocycles. The van der Waals surface area contributed by atoms with Crippen LogP contribution in [0.5, 0.6) is 11.5 Å². The molecule has 3 amide bonds.